The summed E-state index contributed by atoms with van der Waals surface area (Å²) in [6.07, 6.45) is 0. The second-order valence-electron chi connectivity index (χ2n) is 4.66. The Bertz CT molecular complexity index is 891. The minimum atomic E-state index is -0.699. The Labute approximate surface area is 144 Å². The zero-order chi connectivity index (χ0) is 17.1. The van der Waals surface area contributed by atoms with Gasteiger partial charge in [0.05, 0.1) is 20.4 Å². The van der Waals surface area contributed by atoms with E-state index in [1.807, 2.05) is 17.5 Å². The Kier molecular flexibility index (Phi) is 4.59. The molecule has 9 heteroatoms. The molecular weight excluding hydrogens is 356 g/mol. The van der Waals surface area contributed by atoms with Crippen LogP contribution in [0, 0.1) is 10.1 Å². The molecule has 0 atom stereocenters. The number of carbonyl (C=O) groups is 1. The van der Waals surface area contributed by atoms with Gasteiger partial charge in [-0.2, -0.15) is 0 Å². The number of non-ortho nitro benzene ring substituents is 1. The van der Waals surface area contributed by atoms with E-state index in [-0.39, 0.29) is 22.9 Å². The molecule has 7 nitrogen and oxygen atoms in total. The molecule has 0 bridgehead atoms. The number of hydrogen-bond donors (Lipinski definition) is 0. The molecule has 2 heterocycles. The summed E-state index contributed by atoms with van der Waals surface area (Å²) in [7, 11) is 0. The maximum atomic E-state index is 12.0. The summed E-state index contributed by atoms with van der Waals surface area (Å²) in [6.45, 7) is -0.0962. The zero-order valence-corrected chi connectivity index (χ0v) is 13.5. The fourth-order valence-electron chi connectivity index (χ4n) is 1.92. The molecule has 0 radical (unpaired) electrons. The third kappa shape index (κ3) is 3.44. The number of aromatic nitrogens is 1. The highest BCUT2D eigenvalue weighted by Gasteiger charge is 2.17. The van der Waals surface area contributed by atoms with Crippen LogP contribution in [-0.2, 0) is 11.3 Å². The molecule has 0 unspecified atom stereocenters. The molecule has 24 heavy (non-hydrogen) atoms. The van der Waals surface area contributed by atoms with Crippen LogP contribution in [0.2, 0.25) is 5.02 Å². The largest absolute Gasteiger partial charge is 0.455 e. The van der Waals surface area contributed by atoms with Gasteiger partial charge in [0.15, 0.2) is 5.76 Å². The first-order chi connectivity index (χ1) is 11.5. The quantitative estimate of drug-likeness (QED) is 0.380. The van der Waals surface area contributed by atoms with Gasteiger partial charge in [-0.05, 0) is 17.5 Å². The summed E-state index contributed by atoms with van der Waals surface area (Å²) >= 11 is 7.39. The van der Waals surface area contributed by atoms with E-state index in [2.05, 4.69) is 5.16 Å². The van der Waals surface area contributed by atoms with Gasteiger partial charge in [0.1, 0.15) is 12.3 Å². The van der Waals surface area contributed by atoms with Gasteiger partial charge in [0.25, 0.3) is 5.69 Å². The molecular formula is C15H9ClN2O5S. The van der Waals surface area contributed by atoms with Crippen LogP contribution < -0.4 is 0 Å². The maximum absolute atomic E-state index is 12.0. The van der Waals surface area contributed by atoms with Crippen molar-refractivity contribution in [1.29, 1.82) is 0 Å². The van der Waals surface area contributed by atoms with E-state index < -0.39 is 10.9 Å². The Morgan fingerprint density at radius 2 is 2.21 bits per heavy atom. The van der Waals surface area contributed by atoms with Gasteiger partial charge in [0, 0.05) is 18.2 Å². The van der Waals surface area contributed by atoms with Crippen LogP contribution in [-0.4, -0.2) is 16.0 Å². The molecule has 0 aliphatic carbocycles. The molecule has 0 saturated heterocycles. The first-order valence-corrected chi connectivity index (χ1v) is 7.91. The van der Waals surface area contributed by atoms with E-state index >= 15 is 0 Å². The van der Waals surface area contributed by atoms with Crippen molar-refractivity contribution >= 4 is 34.6 Å². The van der Waals surface area contributed by atoms with Gasteiger partial charge in [-0.3, -0.25) is 10.1 Å². The monoisotopic (exact) mass is 364 g/mol. The third-order valence-corrected chi connectivity index (χ3v) is 4.25. The summed E-state index contributed by atoms with van der Waals surface area (Å²) in [5, 5.41) is 16.4. The lowest BCUT2D eigenvalue weighted by atomic mass is 10.2. The number of nitrogens with zero attached hydrogens (tertiary/aromatic N) is 2. The van der Waals surface area contributed by atoms with Gasteiger partial charge in [0.2, 0.25) is 0 Å². The molecule has 0 saturated carbocycles. The molecule has 2 aromatic heterocycles. The molecule has 0 N–H and O–H groups in total. The number of esters is 1. The van der Waals surface area contributed by atoms with E-state index in [9.17, 15) is 14.9 Å². The van der Waals surface area contributed by atoms with Crippen LogP contribution in [0.5, 0.6) is 0 Å². The number of ether oxygens (including phenoxy) is 1. The molecule has 0 fully saturated rings. The lowest BCUT2D eigenvalue weighted by Gasteiger charge is -2.04. The van der Waals surface area contributed by atoms with Crippen molar-refractivity contribution in [2.45, 2.75) is 6.61 Å². The van der Waals surface area contributed by atoms with Gasteiger partial charge < -0.3 is 9.26 Å². The van der Waals surface area contributed by atoms with E-state index in [0.717, 1.165) is 10.9 Å². The maximum Gasteiger partial charge on any atom is 0.340 e. The first-order valence-electron chi connectivity index (χ1n) is 6.65. The number of carbonyl (C=O) groups excluding carboxylic acids is 1. The van der Waals surface area contributed by atoms with E-state index in [1.165, 1.54) is 23.5 Å². The number of nitro benzene ring substituents is 1. The Morgan fingerprint density at radius 3 is 2.88 bits per heavy atom. The van der Waals surface area contributed by atoms with Gasteiger partial charge >= 0.3 is 5.97 Å². The van der Waals surface area contributed by atoms with Crippen LogP contribution in [0.15, 0.2) is 46.3 Å². The minimum Gasteiger partial charge on any atom is -0.455 e. The zero-order valence-electron chi connectivity index (χ0n) is 12.0. The molecule has 3 aromatic rings. The summed E-state index contributed by atoms with van der Waals surface area (Å²) in [6, 6.07) is 8.99. The predicted molar refractivity (Wildman–Crippen MR) is 87.0 cm³/mol. The van der Waals surface area contributed by atoms with Crippen molar-refractivity contribution in [3.8, 4) is 10.6 Å². The van der Waals surface area contributed by atoms with Gasteiger partial charge in [-0.25, -0.2) is 4.79 Å². The lowest BCUT2D eigenvalue weighted by molar-refractivity contribution is -0.384. The van der Waals surface area contributed by atoms with Crippen molar-refractivity contribution in [1.82, 2.24) is 5.16 Å². The third-order valence-electron chi connectivity index (χ3n) is 3.06. The lowest BCUT2D eigenvalue weighted by Crippen LogP contribution is -2.06. The fourth-order valence-corrected chi connectivity index (χ4v) is 2.84. The molecule has 0 spiro atoms. The van der Waals surface area contributed by atoms with E-state index in [0.29, 0.717) is 11.5 Å². The van der Waals surface area contributed by atoms with Crippen LogP contribution in [0.4, 0.5) is 5.69 Å². The van der Waals surface area contributed by atoms with Crippen LogP contribution in [0.25, 0.3) is 10.6 Å². The predicted octanol–water partition coefficient (Wildman–Crippen LogP) is 4.32. The number of halogens is 1. The molecule has 1 aromatic carbocycles. The van der Waals surface area contributed by atoms with Gasteiger partial charge in [-0.15, -0.1) is 11.3 Å². The molecule has 122 valence electrons. The highest BCUT2D eigenvalue weighted by molar-refractivity contribution is 7.13. The van der Waals surface area contributed by atoms with Crippen LogP contribution >= 0.6 is 22.9 Å². The van der Waals surface area contributed by atoms with Crippen molar-refractivity contribution in [2.24, 2.45) is 0 Å². The number of rotatable bonds is 5. The summed E-state index contributed by atoms with van der Waals surface area (Å²) in [4.78, 5) is 23.0. The molecule has 3 rings (SSSR count). The minimum absolute atomic E-state index is 0.0456. The molecule has 0 aliphatic rings. The highest BCUT2D eigenvalue weighted by Crippen LogP contribution is 2.26. The van der Waals surface area contributed by atoms with E-state index in [4.69, 9.17) is 20.9 Å². The summed E-state index contributed by atoms with van der Waals surface area (Å²) < 4.78 is 10.3. The van der Waals surface area contributed by atoms with Crippen LogP contribution in [0.3, 0.4) is 0 Å². The number of nitro groups is 1. The SMILES string of the molecule is O=C(OCc1cc(-c2cccs2)on1)c1ccc([N+](=O)[O-])cc1Cl. The van der Waals surface area contributed by atoms with Crippen molar-refractivity contribution in [3.05, 3.63) is 68.2 Å². The molecule has 0 aliphatic heterocycles. The number of thiophene rings is 1. The van der Waals surface area contributed by atoms with Crippen molar-refractivity contribution < 1.29 is 19.0 Å². The highest BCUT2D eigenvalue weighted by atomic mass is 35.5. The second kappa shape index (κ2) is 6.81. The normalized spacial score (nSPS) is 10.5. The summed E-state index contributed by atoms with van der Waals surface area (Å²) in [5.74, 6) is -0.111. The standard InChI is InChI=1S/C15H9ClN2O5S/c16-12-7-10(18(20)21)3-4-11(12)15(19)22-8-9-6-13(23-17-9)14-2-1-5-24-14/h1-7H,8H2. The summed E-state index contributed by atoms with van der Waals surface area (Å²) in [5.41, 5.74) is 0.294. The Morgan fingerprint density at radius 1 is 1.38 bits per heavy atom. The second-order valence-corrected chi connectivity index (χ2v) is 6.01. The first kappa shape index (κ1) is 16.2. The average Bonchev–Trinajstić information content (AvgIpc) is 3.23. The smallest absolute Gasteiger partial charge is 0.340 e. The number of benzene rings is 1. The fraction of sp³-hybridized carbons (Fsp3) is 0.0667. The number of hydrogen-bond acceptors (Lipinski definition) is 7. The molecule has 0 amide bonds. The Balaban J connectivity index is 1.66. The Hall–Kier alpha value is -2.71. The van der Waals surface area contributed by atoms with Crippen molar-refractivity contribution in [3.63, 3.8) is 0 Å². The average molecular weight is 365 g/mol. The van der Waals surface area contributed by atoms with Crippen molar-refractivity contribution in [2.75, 3.05) is 0 Å². The topological polar surface area (TPSA) is 95.5 Å². The van der Waals surface area contributed by atoms with E-state index in [1.54, 1.807) is 6.07 Å². The van der Waals surface area contributed by atoms with Gasteiger partial charge in [-0.1, -0.05) is 22.8 Å². The van der Waals surface area contributed by atoms with Crippen LogP contribution in [0.1, 0.15) is 16.1 Å².